The molecular formula is C11H19N3O3S. The van der Waals surface area contributed by atoms with Gasteiger partial charge in [0.2, 0.25) is 5.88 Å². The van der Waals surface area contributed by atoms with Gasteiger partial charge in [-0.15, -0.1) is 0 Å². The summed E-state index contributed by atoms with van der Waals surface area (Å²) in [7, 11) is 2.25. The number of carbonyl (C=O) groups is 1. The number of amides is 1. The number of carbonyl (C=O) groups excluding carboxylic acids is 1. The second-order valence-electron chi connectivity index (χ2n) is 4.49. The molecule has 1 amide bonds. The largest absolute Gasteiger partial charge is 0.416 e. The van der Waals surface area contributed by atoms with Crippen molar-refractivity contribution in [2.45, 2.75) is 25.6 Å². The van der Waals surface area contributed by atoms with Gasteiger partial charge in [-0.3, -0.25) is 4.21 Å². The first-order valence-electron chi connectivity index (χ1n) is 5.59. The van der Waals surface area contributed by atoms with Crippen molar-refractivity contribution in [2.75, 3.05) is 20.4 Å². The predicted molar refractivity (Wildman–Crippen MR) is 70.1 cm³/mol. The third-order valence-corrected chi connectivity index (χ3v) is 2.85. The lowest BCUT2D eigenvalue weighted by Crippen LogP contribution is -2.26. The molecule has 0 saturated heterocycles. The summed E-state index contributed by atoms with van der Waals surface area (Å²) >= 11 is 0. The highest BCUT2D eigenvalue weighted by molar-refractivity contribution is 7.83. The summed E-state index contributed by atoms with van der Waals surface area (Å²) in [6.45, 7) is 3.87. The van der Waals surface area contributed by atoms with E-state index in [0.29, 0.717) is 17.3 Å². The molecule has 0 bridgehead atoms. The van der Waals surface area contributed by atoms with E-state index in [0.717, 1.165) is 0 Å². The van der Waals surface area contributed by atoms with E-state index < -0.39 is 16.9 Å². The molecular weight excluding hydrogens is 254 g/mol. The van der Waals surface area contributed by atoms with Crippen molar-refractivity contribution in [3.05, 3.63) is 11.8 Å². The van der Waals surface area contributed by atoms with Crippen LogP contribution >= 0.6 is 0 Å². The molecule has 0 aliphatic rings. The molecule has 0 aliphatic carbocycles. The summed E-state index contributed by atoms with van der Waals surface area (Å²) < 4.78 is 18.0. The van der Waals surface area contributed by atoms with Crippen LogP contribution in [0, 0.1) is 0 Å². The molecule has 18 heavy (non-hydrogen) atoms. The lowest BCUT2D eigenvalue weighted by molar-refractivity contribution is 0.166. The van der Waals surface area contributed by atoms with Crippen molar-refractivity contribution < 1.29 is 13.7 Å². The SMILES string of the molecule is CC(C)n1nc(CS(C)=O)cc1OC(=O)N(C)C. The molecule has 0 saturated carbocycles. The number of hydrogen-bond acceptors (Lipinski definition) is 4. The Balaban J connectivity index is 2.97. The number of nitrogens with zero attached hydrogens (tertiary/aromatic N) is 3. The second kappa shape index (κ2) is 5.99. The van der Waals surface area contributed by atoms with Gasteiger partial charge in [0.1, 0.15) is 0 Å². The van der Waals surface area contributed by atoms with Crippen LogP contribution in [-0.4, -0.2) is 45.3 Å². The van der Waals surface area contributed by atoms with Gasteiger partial charge >= 0.3 is 6.09 Å². The molecule has 6 nitrogen and oxygen atoms in total. The van der Waals surface area contributed by atoms with E-state index in [1.54, 1.807) is 31.1 Å². The smallest absolute Gasteiger partial charge is 0.391 e. The molecule has 1 unspecified atom stereocenters. The van der Waals surface area contributed by atoms with E-state index in [1.807, 2.05) is 13.8 Å². The minimum absolute atomic E-state index is 0.0639. The zero-order valence-electron chi connectivity index (χ0n) is 11.3. The molecule has 1 rings (SSSR count). The van der Waals surface area contributed by atoms with Gasteiger partial charge < -0.3 is 9.64 Å². The van der Waals surface area contributed by atoms with Gasteiger partial charge in [-0.25, -0.2) is 9.48 Å². The minimum atomic E-state index is -0.973. The van der Waals surface area contributed by atoms with Crippen LogP contribution in [0.25, 0.3) is 0 Å². The molecule has 0 fully saturated rings. The molecule has 1 atom stereocenters. The Labute approximate surface area is 109 Å². The maximum absolute atomic E-state index is 11.5. The van der Waals surface area contributed by atoms with Crippen molar-refractivity contribution in [3.63, 3.8) is 0 Å². The molecule has 1 heterocycles. The highest BCUT2D eigenvalue weighted by Gasteiger charge is 2.16. The average Bonchev–Trinajstić information content (AvgIpc) is 2.59. The molecule has 102 valence electrons. The Hall–Kier alpha value is -1.37. The van der Waals surface area contributed by atoms with Crippen LogP contribution in [0.3, 0.4) is 0 Å². The average molecular weight is 273 g/mol. The number of rotatable bonds is 4. The van der Waals surface area contributed by atoms with Gasteiger partial charge in [0.05, 0.1) is 17.5 Å². The van der Waals surface area contributed by atoms with E-state index in [-0.39, 0.29) is 6.04 Å². The van der Waals surface area contributed by atoms with Crippen molar-refractivity contribution in [3.8, 4) is 5.88 Å². The van der Waals surface area contributed by atoms with Gasteiger partial charge in [0.15, 0.2) is 0 Å². The first-order valence-corrected chi connectivity index (χ1v) is 7.31. The molecule has 7 heteroatoms. The highest BCUT2D eigenvalue weighted by atomic mass is 32.2. The normalized spacial score (nSPS) is 12.6. The maximum Gasteiger partial charge on any atom is 0.416 e. The summed E-state index contributed by atoms with van der Waals surface area (Å²) in [6.07, 6.45) is 1.15. The van der Waals surface area contributed by atoms with Gasteiger partial charge in [-0.1, -0.05) is 0 Å². The molecule has 0 aromatic carbocycles. The summed E-state index contributed by atoms with van der Waals surface area (Å²) in [5, 5.41) is 4.29. The van der Waals surface area contributed by atoms with Crippen molar-refractivity contribution >= 4 is 16.9 Å². The fraction of sp³-hybridized carbons (Fsp3) is 0.636. The summed E-state index contributed by atoms with van der Waals surface area (Å²) in [5.41, 5.74) is 0.658. The monoisotopic (exact) mass is 273 g/mol. The van der Waals surface area contributed by atoms with Gasteiger partial charge in [-0.2, -0.15) is 5.10 Å². The van der Waals surface area contributed by atoms with Crippen LogP contribution < -0.4 is 4.74 Å². The Kier molecular flexibility index (Phi) is 4.89. The van der Waals surface area contributed by atoms with Crippen molar-refractivity contribution in [2.24, 2.45) is 0 Å². The molecule has 0 radical (unpaired) electrons. The molecule has 1 aromatic heterocycles. The maximum atomic E-state index is 11.5. The lowest BCUT2D eigenvalue weighted by Gasteiger charge is -2.13. The number of ether oxygens (including phenoxy) is 1. The molecule has 0 N–H and O–H groups in total. The van der Waals surface area contributed by atoms with Crippen molar-refractivity contribution in [1.82, 2.24) is 14.7 Å². The second-order valence-corrected chi connectivity index (χ2v) is 5.93. The van der Waals surface area contributed by atoms with Crippen LogP contribution in [0.4, 0.5) is 4.79 Å². The van der Waals surface area contributed by atoms with Gasteiger partial charge in [0.25, 0.3) is 0 Å². The minimum Gasteiger partial charge on any atom is -0.391 e. The van der Waals surface area contributed by atoms with Crippen LogP contribution in [0.15, 0.2) is 6.07 Å². The topological polar surface area (TPSA) is 64.4 Å². The predicted octanol–water partition coefficient (Wildman–Crippen LogP) is 1.40. The van der Waals surface area contributed by atoms with E-state index in [9.17, 15) is 9.00 Å². The Morgan fingerprint density at radius 3 is 2.61 bits per heavy atom. The molecule has 0 aliphatic heterocycles. The summed E-state index contributed by atoms with van der Waals surface area (Å²) in [5.74, 6) is 0.732. The number of hydrogen-bond donors (Lipinski definition) is 0. The van der Waals surface area contributed by atoms with Crippen molar-refractivity contribution in [1.29, 1.82) is 0 Å². The Bertz CT molecular complexity index is 454. The van der Waals surface area contributed by atoms with Crippen LogP contribution in [0.1, 0.15) is 25.6 Å². The van der Waals surface area contributed by atoms with Crippen LogP contribution in [-0.2, 0) is 16.6 Å². The van der Waals surface area contributed by atoms with E-state index >= 15 is 0 Å². The first-order chi connectivity index (χ1) is 8.31. The van der Waals surface area contributed by atoms with E-state index in [1.165, 1.54) is 4.90 Å². The third-order valence-electron chi connectivity index (χ3n) is 2.15. The zero-order valence-corrected chi connectivity index (χ0v) is 12.2. The first kappa shape index (κ1) is 14.7. The van der Waals surface area contributed by atoms with E-state index in [2.05, 4.69) is 5.10 Å². The Morgan fingerprint density at radius 1 is 1.56 bits per heavy atom. The van der Waals surface area contributed by atoms with E-state index in [4.69, 9.17) is 4.74 Å². The fourth-order valence-corrected chi connectivity index (χ4v) is 1.89. The standard InChI is InChI=1S/C11H19N3O3S/c1-8(2)14-10(17-11(15)13(3)4)6-9(12-14)7-18(5)16/h6,8H,7H2,1-5H3. The van der Waals surface area contributed by atoms with Gasteiger partial charge in [0, 0.05) is 37.2 Å². The van der Waals surface area contributed by atoms with Crippen LogP contribution in [0.5, 0.6) is 5.88 Å². The summed E-state index contributed by atoms with van der Waals surface area (Å²) in [4.78, 5) is 12.9. The highest BCUT2D eigenvalue weighted by Crippen LogP contribution is 2.20. The molecule has 1 aromatic rings. The van der Waals surface area contributed by atoms with Crippen LogP contribution in [0.2, 0.25) is 0 Å². The molecule has 0 spiro atoms. The summed E-state index contributed by atoms with van der Waals surface area (Å²) in [6, 6.07) is 1.72. The Morgan fingerprint density at radius 2 is 2.17 bits per heavy atom. The zero-order chi connectivity index (χ0) is 13.9. The lowest BCUT2D eigenvalue weighted by atomic mass is 10.4. The quantitative estimate of drug-likeness (QED) is 0.832. The number of aromatic nitrogens is 2. The fourth-order valence-electron chi connectivity index (χ4n) is 1.33. The third kappa shape index (κ3) is 3.83. The van der Waals surface area contributed by atoms with Gasteiger partial charge in [-0.05, 0) is 13.8 Å².